The molecule has 0 bridgehead atoms. The Bertz CT molecular complexity index is 433. The largest absolute Gasteiger partial charge is 0.466 e. The lowest BCUT2D eigenvalue weighted by molar-refractivity contribution is -0.147. The highest BCUT2D eigenvalue weighted by Crippen LogP contribution is 2.05. The van der Waals surface area contributed by atoms with Crippen molar-refractivity contribution in [2.75, 3.05) is 19.8 Å². The second kappa shape index (κ2) is 9.94. The fourth-order valence-electron chi connectivity index (χ4n) is 1.91. The van der Waals surface area contributed by atoms with Crippen molar-refractivity contribution in [2.45, 2.75) is 32.7 Å². The normalized spacial score (nSPS) is 11.7. The molecule has 0 aromatic heterocycles. The van der Waals surface area contributed by atoms with E-state index in [9.17, 15) is 9.59 Å². The van der Waals surface area contributed by atoms with E-state index < -0.39 is 6.04 Å². The Morgan fingerprint density at radius 3 is 2.38 bits per heavy atom. The third-order valence-corrected chi connectivity index (χ3v) is 2.88. The number of hydrogen-bond acceptors (Lipinski definition) is 5. The quantitative estimate of drug-likeness (QED) is 0.702. The minimum Gasteiger partial charge on any atom is -0.466 e. The van der Waals surface area contributed by atoms with Gasteiger partial charge < -0.3 is 14.8 Å². The molecule has 5 heteroatoms. The summed E-state index contributed by atoms with van der Waals surface area (Å²) in [5.41, 5.74) is 1.04. The summed E-state index contributed by atoms with van der Waals surface area (Å²) in [6, 6.07) is 9.24. The zero-order valence-electron chi connectivity index (χ0n) is 12.6. The molecule has 1 atom stereocenters. The first-order valence-corrected chi connectivity index (χ1v) is 7.27. The lowest BCUT2D eigenvalue weighted by Crippen LogP contribution is -2.41. The van der Waals surface area contributed by atoms with E-state index in [1.54, 1.807) is 13.8 Å². The third-order valence-electron chi connectivity index (χ3n) is 2.88. The highest BCUT2D eigenvalue weighted by Gasteiger charge is 2.19. The van der Waals surface area contributed by atoms with Crippen LogP contribution in [0.3, 0.4) is 0 Å². The van der Waals surface area contributed by atoms with Gasteiger partial charge in [0.2, 0.25) is 0 Å². The molecule has 0 aliphatic carbocycles. The van der Waals surface area contributed by atoms with Gasteiger partial charge in [0.15, 0.2) is 0 Å². The number of rotatable bonds is 9. The van der Waals surface area contributed by atoms with Crippen molar-refractivity contribution in [2.24, 2.45) is 0 Å². The second-order valence-corrected chi connectivity index (χ2v) is 4.50. The zero-order valence-corrected chi connectivity index (χ0v) is 12.6. The summed E-state index contributed by atoms with van der Waals surface area (Å²) in [5.74, 6) is -0.572. The van der Waals surface area contributed by atoms with Gasteiger partial charge in [0.1, 0.15) is 6.04 Å². The maximum absolute atomic E-state index is 11.9. The van der Waals surface area contributed by atoms with E-state index in [0.29, 0.717) is 26.2 Å². The Morgan fingerprint density at radius 1 is 1.10 bits per heavy atom. The molecule has 0 saturated carbocycles. The molecule has 1 N–H and O–H groups in total. The zero-order chi connectivity index (χ0) is 15.5. The van der Waals surface area contributed by atoms with Crippen LogP contribution in [0.5, 0.6) is 0 Å². The van der Waals surface area contributed by atoms with E-state index in [1.807, 2.05) is 30.3 Å². The molecule has 0 radical (unpaired) electrons. The minimum absolute atomic E-state index is 0.235. The first-order valence-electron chi connectivity index (χ1n) is 7.27. The number of nitrogens with one attached hydrogen (secondary N) is 1. The molecule has 5 nitrogen and oxygen atoms in total. The fourth-order valence-corrected chi connectivity index (χ4v) is 1.91. The number of hydrogen-bond donors (Lipinski definition) is 1. The van der Waals surface area contributed by atoms with Crippen molar-refractivity contribution in [3.8, 4) is 0 Å². The van der Waals surface area contributed by atoms with Crippen LogP contribution in [0.4, 0.5) is 0 Å². The minimum atomic E-state index is -0.457. The van der Waals surface area contributed by atoms with Gasteiger partial charge in [-0.3, -0.25) is 9.59 Å². The summed E-state index contributed by atoms with van der Waals surface area (Å²) >= 11 is 0. The lowest BCUT2D eigenvalue weighted by Gasteiger charge is -2.17. The van der Waals surface area contributed by atoms with Crippen molar-refractivity contribution in [3.05, 3.63) is 35.9 Å². The predicted octanol–water partition coefficient (Wildman–Crippen LogP) is 1.70. The molecule has 0 amide bonds. The molecule has 0 aliphatic heterocycles. The van der Waals surface area contributed by atoms with Gasteiger partial charge in [-0.1, -0.05) is 30.3 Å². The highest BCUT2D eigenvalue weighted by molar-refractivity contribution is 5.76. The topological polar surface area (TPSA) is 64.6 Å². The summed E-state index contributed by atoms with van der Waals surface area (Å²) < 4.78 is 9.92. The first-order chi connectivity index (χ1) is 10.2. The van der Waals surface area contributed by atoms with Crippen LogP contribution in [0.1, 0.15) is 25.8 Å². The summed E-state index contributed by atoms with van der Waals surface area (Å²) in [6.07, 6.45) is 0.765. The van der Waals surface area contributed by atoms with Gasteiger partial charge in [-0.25, -0.2) is 0 Å². The van der Waals surface area contributed by atoms with Crippen molar-refractivity contribution in [1.82, 2.24) is 5.32 Å². The van der Waals surface area contributed by atoms with E-state index in [0.717, 1.165) is 5.56 Å². The molecular weight excluding hydrogens is 270 g/mol. The molecule has 21 heavy (non-hydrogen) atoms. The van der Waals surface area contributed by atoms with E-state index >= 15 is 0 Å². The van der Waals surface area contributed by atoms with Gasteiger partial charge >= 0.3 is 11.9 Å². The van der Waals surface area contributed by atoms with Gasteiger partial charge in [-0.05, 0) is 25.8 Å². The van der Waals surface area contributed by atoms with Crippen LogP contribution in [0.25, 0.3) is 0 Å². The summed E-state index contributed by atoms with van der Waals surface area (Å²) in [6.45, 7) is 4.63. The summed E-state index contributed by atoms with van der Waals surface area (Å²) in [5, 5.41) is 3.07. The van der Waals surface area contributed by atoms with Crippen LogP contribution >= 0.6 is 0 Å². The summed E-state index contributed by atoms with van der Waals surface area (Å²) in [4.78, 5) is 23.2. The van der Waals surface area contributed by atoms with E-state index in [2.05, 4.69) is 5.32 Å². The highest BCUT2D eigenvalue weighted by atomic mass is 16.5. The molecule has 0 fully saturated rings. The molecule has 0 aliphatic rings. The maximum atomic E-state index is 11.9. The van der Waals surface area contributed by atoms with Crippen LogP contribution in [-0.2, 0) is 25.5 Å². The molecule has 116 valence electrons. The van der Waals surface area contributed by atoms with Crippen molar-refractivity contribution in [1.29, 1.82) is 0 Å². The molecule has 0 saturated heterocycles. The average Bonchev–Trinajstić information content (AvgIpc) is 2.48. The molecule has 1 aromatic carbocycles. The second-order valence-electron chi connectivity index (χ2n) is 4.50. The van der Waals surface area contributed by atoms with Gasteiger partial charge in [-0.15, -0.1) is 0 Å². The Morgan fingerprint density at radius 2 is 1.76 bits per heavy atom. The van der Waals surface area contributed by atoms with Gasteiger partial charge in [0.05, 0.1) is 19.6 Å². The molecule has 0 heterocycles. The number of benzene rings is 1. The standard InChI is InChI=1S/C16H23NO4/c1-3-20-15(18)10-11-17-14(16(19)21-4-2)12-13-8-6-5-7-9-13/h5-9,14,17H,3-4,10-12H2,1-2H3. The molecule has 1 unspecified atom stereocenters. The average molecular weight is 293 g/mol. The molecular formula is C16H23NO4. The fraction of sp³-hybridized carbons (Fsp3) is 0.500. The summed E-state index contributed by atoms with van der Waals surface area (Å²) in [7, 11) is 0. The Labute approximate surface area is 125 Å². The molecule has 0 spiro atoms. The Balaban J connectivity index is 2.52. The van der Waals surface area contributed by atoms with E-state index in [1.165, 1.54) is 0 Å². The van der Waals surface area contributed by atoms with Gasteiger partial charge in [0, 0.05) is 6.54 Å². The van der Waals surface area contributed by atoms with E-state index in [-0.39, 0.29) is 18.4 Å². The Kier molecular flexibility index (Phi) is 8.12. The van der Waals surface area contributed by atoms with Crippen LogP contribution in [0.2, 0.25) is 0 Å². The lowest BCUT2D eigenvalue weighted by atomic mass is 10.1. The SMILES string of the molecule is CCOC(=O)CCNC(Cc1ccccc1)C(=O)OCC. The van der Waals surface area contributed by atoms with Crippen molar-refractivity contribution < 1.29 is 19.1 Å². The van der Waals surface area contributed by atoms with Crippen LogP contribution in [-0.4, -0.2) is 37.7 Å². The molecule has 1 rings (SSSR count). The maximum Gasteiger partial charge on any atom is 0.323 e. The number of carbonyl (C=O) groups is 2. The smallest absolute Gasteiger partial charge is 0.323 e. The predicted molar refractivity (Wildman–Crippen MR) is 79.8 cm³/mol. The number of carbonyl (C=O) groups excluding carboxylic acids is 2. The molecule has 1 aromatic rings. The monoisotopic (exact) mass is 293 g/mol. The van der Waals surface area contributed by atoms with Crippen LogP contribution < -0.4 is 5.32 Å². The van der Waals surface area contributed by atoms with Crippen molar-refractivity contribution >= 4 is 11.9 Å². The number of esters is 2. The van der Waals surface area contributed by atoms with E-state index in [4.69, 9.17) is 9.47 Å². The van der Waals surface area contributed by atoms with Gasteiger partial charge in [-0.2, -0.15) is 0 Å². The number of ether oxygens (including phenoxy) is 2. The van der Waals surface area contributed by atoms with Gasteiger partial charge in [0.25, 0.3) is 0 Å². The third kappa shape index (κ3) is 6.90. The van der Waals surface area contributed by atoms with Crippen molar-refractivity contribution in [3.63, 3.8) is 0 Å². The van der Waals surface area contributed by atoms with Crippen LogP contribution in [0.15, 0.2) is 30.3 Å². The first kappa shape index (κ1) is 17.2. The Hall–Kier alpha value is -1.88. The van der Waals surface area contributed by atoms with Crippen LogP contribution in [0, 0.1) is 0 Å².